The molecule has 12 heavy (non-hydrogen) atoms. The minimum atomic E-state index is 0.683. The first-order valence-corrected chi connectivity index (χ1v) is 5.64. The van der Waals surface area contributed by atoms with Gasteiger partial charge < -0.3 is 0 Å². The van der Waals surface area contributed by atoms with Crippen LogP contribution in [0.5, 0.6) is 0 Å². The van der Waals surface area contributed by atoms with Crippen LogP contribution in [0.3, 0.4) is 0 Å². The van der Waals surface area contributed by atoms with Gasteiger partial charge in [0.2, 0.25) is 0 Å². The maximum Gasteiger partial charge on any atom is -0.0295 e. The summed E-state index contributed by atoms with van der Waals surface area (Å²) in [5.74, 6) is 1.98. The molecule has 1 aliphatic rings. The molecule has 0 aromatic heterocycles. The zero-order chi connectivity index (χ0) is 9.19. The highest BCUT2D eigenvalue weighted by Gasteiger charge is 2.40. The SMILES string of the molecule is CCCC1(C)CCC(C)C1CC. The molecule has 0 heterocycles. The topological polar surface area (TPSA) is 0 Å². The van der Waals surface area contributed by atoms with E-state index in [4.69, 9.17) is 0 Å². The maximum atomic E-state index is 2.51. The van der Waals surface area contributed by atoms with Crippen LogP contribution in [0.2, 0.25) is 0 Å². The molecule has 0 N–H and O–H groups in total. The number of hydrogen-bond acceptors (Lipinski definition) is 0. The van der Waals surface area contributed by atoms with Crippen molar-refractivity contribution < 1.29 is 0 Å². The van der Waals surface area contributed by atoms with Crippen molar-refractivity contribution >= 4 is 0 Å². The summed E-state index contributed by atoms with van der Waals surface area (Å²) in [7, 11) is 0. The van der Waals surface area contributed by atoms with Crippen molar-refractivity contribution in [3.05, 3.63) is 0 Å². The van der Waals surface area contributed by atoms with Gasteiger partial charge in [-0.05, 0) is 36.5 Å². The summed E-state index contributed by atoms with van der Waals surface area (Å²) in [6.45, 7) is 9.63. The van der Waals surface area contributed by atoms with Gasteiger partial charge in [0.1, 0.15) is 0 Å². The summed E-state index contributed by atoms with van der Waals surface area (Å²) in [5.41, 5.74) is 0.683. The second-order valence-corrected chi connectivity index (χ2v) is 4.93. The van der Waals surface area contributed by atoms with Crippen LogP contribution in [-0.4, -0.2) is 0 Å². The quantitative estimate of drug-likeness (QED) is 0.591. The Hall–Kier alpha value is 0. The lowest BCUT2D eigenvalue weighted by molar-refractivity contribution is 0.176. The average molecular weight is 168 g/mol. The molecule has 3 unspecified atom stereocenters. The van der Waals surface area contributed by atoms with E-state index in [0.717, 1.165) is 11.8 Å². The maximum absolute atomic E-state index is 2.51. The van der Waals surface area contributed by atoms with Crippen LogP contribution in [0.1, 0.15) is 59.8 Å². The van der Waals surface area contributed by atoms with E-state index < -0.39 is 0 Å². The van der Waals surface area contributed by atoms with Crippen LogP contribution in [-0.2, 0) is 0 Å². The average Bonchev–Trinajstić information content (AvgIpc) is 2.28. The van der Waals surface area contributed by atoms with Crippen molar-refractivity contribution in [2.45, 2.75) is 59.8 Å². The Morgan fingerprint density at radius 2 is 2.00 bits per heavy atom. The lowest BCUT2D eigenvalue weighted by atomic mass is 9.73. The second-order valence-electron chi connectivity index (χ2n) is 4.93. The first-order chi connectivity index (χ1) is 5.64. The van der Waals surface area contributed by atoms with Gasteiger partial charge in [-0.3, -0.25) is 0 Å². The normalized spacial score (nSPS) is 42.0. The van der Waals surface area contributed by atoms with Gasteiger partial charge in [-0.2, -0.15) is 0 Å². The molecule has 0 bridgehead atoms. The van der Waals surface area contributed by atoms with E-state index >= 15 is 0 Å². The Kier molecular flexibility index (Phi) is 3.20. The van der Waals surface area contributed by atoms with Gasteiger partial charge in [-0.15, -0.1) is 0 Å². The molecular formula is C12H24. The third-order valence-corrected chi connectivity index (χ3v) is 4.01. The first-order valence-electron chi connectivity index (χ1n) is 5.64. The largest absolute Gasteiger partial charge is 0.0654 e. The molecule has 0 spiro atoms. The van der Waals surface area contributed by atoms with Gasteiger partial charge in [0, 0.05) is 0 Å². The van der Waals surface area contributed by atoms with E-state index in [1.54, 1.807) is 0 Å². The van der Waals surface area contributed by atoms with Gasteiger partial charge in [0.05, 0.1) is 0 Å². The lowest BCUT2D eigenvalue weighted by Gasteiger charge is -2.32. The Bertz CT molecular complexity index is 135. The van der Waals surface area contributed by atoms with Gasteiger partial charge in [0.25, 0.3) is 0 Å². The van der Waals surface area contributed by atoms with Crippen LogP contribution >= 0.6 is 0 Å². The van der Waals surface area contributed by atoms with E-state index in [1.165, 1.54) is 32.1 Å². The minimum Gasteiger partial charge on any atom is -0.0654 e. The predicted octanol–water partition coefficient (Wildman–Crippen LogP) is 4.25. The van der Waals surface area contributed by atoms with Crippen LogP contribution in [0.25, 0.3) is 0 Å². The molecule has 1 fully saturated rings. The molecule has 1 saturated carbocycles. The molecule has 72 valence electrons. The van der Waals surface area contributed by atoms with Crippen molar-refractivity contribution in [1.82, 2.24) is 0 Å². The number of hydrogen-bond donors (Lipinski definition) is 0. The van der Waals surface area contributed by atoms with E-state index in [2.05, 4.69) is 27.7 Å². The summed E-state index contributed by atoms with van der Waals surface area (Å²) >= 11 is 0. The molecule has 0 aromatic rings. The molecule has 0 heteroatoms. The Morgan fingerprint density at radius 1 is 1.33 bits per heavy atom. The molecule has 0 radical (unpaired) electrons. The fraction of sp³-hybridized carbons (Fsp3) is 1.00. The summed E-state index contributed by atoms with van der Waals surface area (Å²) in [4.78, 5) is 0. The summed E-state index contributed by atoms with van der Waals surface area (Å²) < 4.78 is 0. The van der Waals surface area contributed by atoms with Crippen molar-refractivity contribution in [1.29, 1.82) is 0 Å². The first kappa shape index (κ1) is 10.1. The molecule has 0 amide bonds. The third-order valence-electron chi connectivity index (χ3n) is 4.01. The second kappa shape index (κ2) is 3.81. The summed E-state index contributed by atoms with van der Waals surface area (Å²) in [6, 6.07) is 0. The van der Waals surface area contributed by atoms with Gasteiger partial charge in [0.15, 0.2) is 0 Å². The Morgan fingerprint density at radius 3 is 2.50 bits per heavy atom. The molecule has 1 aliphatic carbocycles. The van der Waals surface area contributed by atoms with Crippen LogP contribution in [0.4, 0.5) is 0 Å². The fourth-order valence-electron chi connectivity index (χ4n) is 3.41. The molecule has 0 nitrogen and oxygen atoms in total. The van der Waals surface area contributed by atoms with E-state index in [0.29, 0.717) is 5.41 Å². The number of rotatable bonds is 3. The fourth-order valence-corrected chi connectivity index (χ4v) is 3.41. The molecule has 0 saturated heterocycles. The standard InChI is InChI=1S/C12H24/c1-5-8-12(4)9-7-10(3)11(12)6-2/h10-11H,5-9H2,1-4H3. The Balaban J connectivity index is 2.63. The lowest BCUT2D eigenvalue weighted by Crippen LogP contribution is -2.23. The zero-order valence-electron chi connectivity index (χ0n) is 9.19. The summed E-state index contributed by atoms with van der Waals surface area (Å²) in [5, 5.41) is 0. The highest BCUT2D eigenvalue weighted by molar-refractivity contribution is 4.90. The van der Waals surface area contributed by atoms with Gasteiger partial charge in [-0.1, -0.05) is 40.5 Å². The van der Waals surface area contributed by atoms with E-state index in [9.17, 15) is 0 Å². The van der Waals surface area contributed by atoms with Crippen molar-refractivity contribution in [3.8, 4) is 0 Å². The monoisotopic (exact) mass is 168 g/mol. The van der Waals surface area contributed by atoms with Crippen molar-refractivity contribution in [3.63, 3.8) is 0 Å². The molecule has 0 aliphatic heterocycles. The summed E-state index contributed by atoms with van der Waals surface area (Å²) in [6.07, 6.45) is 7.13. The molecule has 3 atom stereocenters. The highest BCUT2D eigenvalue weighted by Crippen LogP contribution is 2.50. The van der Waals surface area contributed by atoms with Crippen LogP contribution < -0.4 is 0 Å². The van der Waals surface area contributed by atoms with Crippen molar-refractivity contribution in [2.75, 3.05) is 0 Å². The molecular weight excluding hydrogens is 144 g/mol. The van der Waals surface area contributed by atoms with Crippen LogP contribution in [0, 0.1) is 17.3 Å². The van der Waals surface area contributed by atoms with Crippen LogP contribution in [0.15, 0.2) is 0 Å². The van der Waals surface area contributed by atoms with E-state index in [-0.39, 0.29) is 0 Å². The highest BCUT2D eigenvalue weighted by atomic mass is 14.5. The molecule has 1 rings (SSSR count). The third kappa shape index (κ3) is 1.67. The zero-order valence-corrected chi connectivity index (χ0v) is 9.19. The van der Waals surface area contributed by atoms with Gasteiger partial charge >= 0.3 is 0 Å². The van der Waals surface area contributed by atoms with Gasteiger partial charge in [-0.25, -0.2) is 0 Å². The smallest absolute Gasteiger partial charge is 0.0295 e. The minimum absolute atomic E-state index is 0.683. The van der Waals surface area contributed by atoms with E-state index in [1.807, 2.05) is 0 Å². The van der Waals surface area contributed by atoms with Crippen molar-refractivity contribution in [2.24, 2.45) is 17.3 Å². The molecule has 0 aromatic carbocycles. The predicted molar refractivity (Wildman–Crippen MR) is 55.2 cm³/mol. The Labute approximate surface area is 77.7 Å².